The molecule has 3 rings (SSSR count). The fourth-order valence-corrected chi connectivity index (χ4v) is 2.77. The minimum Gasteiger partial charge on any atom is -0.370 e. The van der Waals surface area contributed by atoms with Gasteiger partial charge in [-0.05, 0) is 49.6 Å². The summed E-state index contributed by atoms with van der Waals surface area (Å²) in [6.45, 7) is 4.85. The van der Waals surface area contributed by atoms with Crippen LogP contribution in [0.25, 0.3) is 10.9 Å². The van der Waals surface area contributed by atoms with Crippen molar-refractivity contribution in [2.45, 2.75) is 20.3 Å². The van der Waals surface area contributed by atoms with Crippen LogP contribution in [0.5, 0.6) is 0 Å². The topological polar surface area (TPSA) is 66.2 Å². The second kappa shape index (κ2) is 8.19. The molecule has 1 aromatic heterocycles. The van der Waals surface area contributed by atoms with Crippen LogP contribution in [-0.2, 0) is 6.42 Å². The normalized spacial score (nSPS) is 11.3. The molecule has 0 aliphatic rings. The number of nitrogens with one attached hydrogen (secondary N) is 2. The number of aryl methyl sites for hydroxylation is 2. The van der Waals surface area contributed by atoms with Crippen LogP contribution in [-0.4, -0.2) is 17.5 Å². The van der Waals surface area contributed by atoms with E-state index in [-0.39, 0.29) is 24.0 Å². The maximum absolute atomic E-state index is 5.96. The number of benzene rings is 2. The van der Waals surface area contributed by atoms with Crippen LogP contribution in [0.15, 0.2) is 53.7 Å². The van der Waals surface area contributed by atoms with Gasteiger partial charge in [-0.15, -0.1) is 24.0 Å². The molecule has 0 saturated carbocycles. The molecule has 0 amide bonds. The minimum atomic E-state index is 0. The number of anilines is 1. The molecule has 0 spiro atoms. The molecular formula is C19H23IN4. The number of hydrogen-bond acceptors (Lipinski definition) is 1. The Kier molecular flexibility index (Phi) is 6.25. The van der Waals surface area contributed by atoms with Gasteiger partial charge in [-0.2, -0.15) is 0 Å². The molecule has 0 fully saturated rings. The third-order valence-corrected chi connectivity index (χ3v) is 3.98. The smallest absolute Gasteiger partial charge is 0.193 e. The fourth-order valence-electron chi connectivity index (χ4n) is 2.77. The first-order chi connectivity index (χ1) is 11.1. The van der Waals surface area contributed by atoms with E-state index in [1.165, 1.54) is 27.6 Å². The van der Waals surface area contributed by atoms with Gasteiger partial charge < -0.3 is 16.0 Å². The molecule has 126 valence electrons. The predicted molar refractivity (Wildman–Crippen MR) is 113 cm³/mol. The molecule has 0 aliphatic carbocycles. The van der Waals surface area contributed by atoms with Gasteiger partial charge in [0.1, 0.15) is 0 Å². The van der Waals surface area contributed by atoms with E-state index in [2.05, 4.69) is 53.5 Å². The molecule has 0 radical (unpaired) electrons. The largest absolute Gasteiger partial charge is 0.370 e. The van der Waals surface area contributed by atoms with Crippen molar-refractivity contribution in [3.05, 3.63) is 65.4 Å². The summed E-state index contributed by atoms with van der Waals surface area (Å²) in [6.07, 6.45) is 2.93. The van der Waals surface area contributed by atoms with Crippen LogP contribution >= 0.6 is 24.0 Å². The highest BCUT2D eigenvalue weighted by Gasteiger charge is 2.05. The number of aliphatic imine (C=N–C) groups is 1. The van der Waals surface area contributed by atoms with Gasteiger partial charge in [0.15, 0.2) is 5.96 Å². The maximum Gasteiger partial charge on any atom is 0.193 e. The van der Waals surface area contributed by atoms with E-state index >= 15 is 0 Å². The molecule has 0 unspecified atom stereocenters. The molecule has 3 aromatic rings. The van der Waals surface area contributed by atoms with Gasteiger partial charge in [0, 0.05) is 29.3 Å². The van der Waals surface area contributed by atoms with Crippen LogP contribution in [0.4, 0.5) is 5.69 Å². The van der Waals surface area contributed by atoms with Crippen molar-refractivity contribution >= 4 is 46.5 Å². The van der Waals surface area contributed by atoms with Crippen molar-refractivity contribution in [2.24, 2.45) is 10.7 Å². The van der Waals surface area contributed by atoms with Crippen molar-refractivity contribution in [2.75, 3.05) is 11.9 Å². The summed E-state index contributed by atoms with van der Waals surface area (Å²) in [4.78, 5) is 7.74. The van der Waals surface area contributed by atoms with E-state index in [1.807, 2.05) is 24.3 Å². The molecule has 0 bridgehead atoms. The Labute approximate surface area is 159 Å². The van der Waals surface area contributed by atoms with E-state index in [4.69, 9.17) is 5.73 Å². The number of nitrogens with zero attached hydrogens (tertiary/aromatic N) is 1. The van der Waals surface area contributed by atoms with Gasteiger partial charge in [0.2, 0.25) is 0 Å². The Bertz CT molecular complexity index is 834. The van der Waals surface area contributed by atoms with Crippen molar-refractivity contribution in [3.63, 3.8) is 0 Å². The monoisotopic (exact) mass is 434 g/mol. The number of hydrogen-bond donors (Lipinski definition) is 3. The zero-order chi connectivity index (χ0) is 16.2. The fraction of sp³-hybridized carbons (Fsp3) is 0.211. The molecule has 0 aliphatic heterocycles. The summed E-state index contributed by atoms with van der Waals surface area (Å²) in [5.74, 6) is 0.449. The molecule has 2 aromatic carbocycles. The highest BCUT2D eigenvalue weighted by Crippen LogP contribution is 2.22. The van der Waals surface area contributed by atoms with Crippen LogP contribution < -0.4 is 11.1 Å². The van der Waals surface area contributed by atoms with E-state index in [1.54, 1.807) is 0 Å². The lowest BCUT2D eigenvalue weighted by atomic mass is 10.1. The lowest BCUT2D eigenvalue weighted by Crippen LogP contribution is -2.23. The summed E-state index contributed by atoms with van der Waals surface area (Å²) >= 11 is 0. The molecule has 1 heterocycles. The van der Waals surface area contributed by atoms with Gasteiger partial charge in [-0.3, -0.25) is 4.99 Å². The minimum absolute atomic E-state index is 0. The van der Waals surface area contributed by atoms with Crippen LogP contribution in [0.1, 0.15) is 16.7 Å². The zero-order valence-corrected chi connectivity index (χ0v) is 16.3. The lowest BCUT2D eigenvalue weighted by Gasteiger charge is -2.06. The number of nitrogens with two attached hydrogens (primary N) is 1. The summed E-state index contributed by atoms with van der Waals surface area (Å²) in [5, 5.41) is 4.42. The Morgan fingerprint density at radius 2 is 1.88 bits per heavy atom. The molecule has 24 heavy (non-hydrogen) atoms. The number of aromatic nitrogens is 1. The van der Waals surface area contributed by atoms with E-state index in [0.717, 1.165) is 12.1 Å². The number of halogens is 1. The highest BCUT2D eigenvalue weighted by molar-refractivity contribution is 14.0. The third-order valence-electron chi connectivity index (χ3n) is 3.98. The van der Waals surface area contributed by atoms with Crippen molar-refractivity contribution in [1.82, 2.24) is 4.98 Å². The zero-order valence-electron chi connectivity index (χ0n) is 14.0. The van der Waals surface area contributed by atoms with E-state index < -0.39 is 0 Å². The second-order valence-corrected chi connectivity index (χ2v) is 5.82. The Hall–Kier alpha value is -2.02. The molecule has 4 nitrogen and oxygen atoms in total. The summed E-state index contributed by atoms with van der Waals surface area (Å²) < 4.78 is 0. The molecular weight excluding hydrogens is 411 g/mol. The highest BCUT2D eigenvalue weighted by atomic mass is 127. The van der Waals surface area contributed by atoms with E-state index in [0.29, 0.717) is 12.5 Å². The number of rotatable bonds is 4. The van der Waals surface area contributed by atoms with Crippen LogP contribution in [0.3, 0.4) is 0 Å². The standard InChI is InChI=1S/C19H22N4.HI/c1-13-6-8-16(9-7-13)23-19(20)21-11-10-15-12-22-17-5-3-4-14(2)18(15)17;/h3-9,12,22H,10-11H2,1-2H3,(H3,20,21,23);1H. The maximum atomic E-state index is 5.96. The first-order valence-electron chi connectivity index (χ1n) is 7.82. The summed E-state index contributed by atoms with van der Waals surface area (Å²) in [6, 6.07) is 14.4. The SMILES string of the molecule is Cc1ccc(NC(N)=NCCc2c[nH]c3cccc(C)c23)cc1.I. The second-order valence-electron chi connectivity index (χ2n) is 5.82. The average Bonchev–Trinajstić information content (AvgIpc) is 2.94. The van der Waals surface area contributed by atoms with Gasteiger partial charge >= 0.3 is 0 Å². The van der Waals surface area contributed by atoms with Gasteiger partial charge in [0.05, 0.1) is 0 Å². The Morgan fingerprint density at radius 3 is 2.62 bits per heavy atom. The summed E-state index contributed by atoms with van der Waals surface area (Å²) in [7, 11) is 0. The van der Waals surface area contributed by atoms with Crippen molar-refractivity contribution in [3.8, 4) is 0 Å². The quantitative estimate of drug-likeness (QED) is 0.324. The van der Waals surface area contributed by atoms with Crippen LogP contribution in [0.2, 0.25) is 0 Å². The lowest BCUT2D eigenvalue weighted by molar-refractivity contribution is 0.971. The third kappa shape index (κ3) is 4.29. The van der Waals surface area contributed by atoms with Gasteiger partial charge in [0.25, 0.3) is 0 Å². The average molecular weight is 434 g/mol. The predicted octanol–water partition coefficient (Wildman–Crippen LogP) is 4.37. The van der Waals surface area contributed by atoms with Gasteiger partial charge in [-0.1, -0.05) is 29.8 Å². The van der Waals surface area contributed by atoms with Crippen molar-refractivity contribution < 1.29 is 0 Å². The first kappa shape index (κ1) is 18.3. The Balaban J connectivity index is 0.00000208. The van der Waals surface area contributed by atoms with Crippen molar-refractivity contribution in [1.29, 1.82) is 0 Å². The molecule has 0 saturated heterocycles. The number of aromatic amines is 1. The van der Waals surface area contributed by atoms with Gasteiger partial charge in [-0.25, -0.2) is 0 Å². The summed E-state index contributed by atoms with van der Waals surface area (Å²) in [5.41, 5.74) is 11.9. The number of guanidine groups is 1. The number of H-pyrrole nitrogens is 1. The van der Waals surface area contributed by atoms with Crippen LogP contribution in [0, 0.1) is 13.8 Å². The molecule has 4 N–H and O–H groups in total. The number of fused-ring (bicyclic) bond motifs is 1. The Morgan fingerprint density at radius 1 is 1.12 bits per heavy atom. The molecule has 0 atom stereocenters. The molecule has 5 heteroatoms. The van der Waals surface area contributed by atoms with E-state index in [9.17, 15) is 0 Å². The first-order valence-corrected chi connectivity index (χ1v) is 7.82.